The van der Waals surface area contributed by atoms with Crippen molar-refractivity contribution in [1.82, 2.24) is 9.97 Å². The van der Waals surface area contributed by atoms with Crippen molar-refractivity contribution in [3.63, 3.8) is 0 Å². The first kappa shape index (κ1) is 16.8. The molecule has 0 bridgehead atoms. The summed E-state index contributed by atoms with van der Waals surface area (Å²) in [7, 11) is -0.327. The summed E-state index contributed by atoms with van der Waals surface area (Å²) in [5.41, 5.74) is 1.19. The van der Waals surface area contributed by atoms with Gasteiger partial charge in [0.2, 0.25) is 15.9 Å². The van der Waals surface area contributed by atoms with Gasteiger partial charge < -0.3 is 19.2 Å². The Hall–Kier alpha value is -3.01. The van der Waals surface area contributed by atoms with Crippen LogP contribution in [0.3, 0.4) is 0 Å². The molecule has 1 aromatic carbocycles. The molecule has 0 unspecified atom stereocenters. The largest absolute Gasteiger partial charge is 0.493 e. The smallest absolute Gasteiger partial charge is 0.232 e. The van der Waals surface area contributed by atoms with Crippen LogP contribution in [0.5, 0.6) is 11.5 Å². The van der Waals surface area contributed by atoms with E-state index in [1.807, 2.05) is 0 Å². The van der Waals surface area contributed by atoms with Gasteiger partial charge in [0.1, 0.15) is 18.4 Å². The molecular weight excluding hydrogens is 348 g/mol. The average Bonchev–Trinajstić information content (AvgIpc) is 2.98. The molecule has 0 fully saturated rings. The number of aromatic nitrogens is 2. The monoisotopic (exact) mass is 364 g/mol. The number of benzene rings is 1. The number of fused-ring (bicyclic) bond motifs is 1. The highest BCUT2D eigenvalue weighted by atomic mass is 32.2. The molecular formula is C15H16N4O5S. The van der Waals surface area contributed by atoms with E-state index < -0.39 is 10.0 Å². The highest BCUT2D eigenvalue weighted by molar-refractivity contribution is 7.92. The summed E-state index contributed by atoms with van der Waals surface area (Å²) in [6.07, 6.45) is 3.83. The molecule has 25 heavy (non-hydrogen) atoms. The molecule has 132 valence electrons. The van der Waals surface area contributed by atoms with Gasteiger partial charge in [-0.05, 0) is 6.07 Å². The second-order valence-corrected chi connectivity index (χ2v) is 6.89. The normalized spacial score (nSPS) is 11.3. The van der Waals surface area contributed by atoms with Crippen LogP contribution in [0.4, 0.5) is 17.4 Å². The first-order valence-electron chi connectivity index (χ1n) is 7.09. The fraction of sp³-hybridized carbons (Fsp3) is 0.200. The Kier molecular flexibility index (Phi) is 4.36. The second-order valence-electron chi connectivity index (χ2n) is 5.15. The highest BCUT2D eigenvalue weighted by Crippen LogP contribution is 2.34. The van der Waals surface area contributed by atoms with Crippen molar-refractivity contribution in [3.05, 3.63) is 30.8 Å². The van der Waals surface area contributed by atoms with Gasteiger partial charge >= 0.3 is 0 Å². The fourth-order valence-electron chi connectivity index (χ4n) is 2.26. The van der Waals surface area contributed by atoms with Crippen molar-refractivity contribution in [1.29, 1.82) is 0 Å². The lowest BCUT2D eigenvalue weighted by molar-refractivity contribution is 0.356. The number of nitrogens with one attached hydrogen (secondary N) is 2. The number of methoxy groups -OCH3 is 2. The average molecular weight is 364 g/mol. The third kappa shape index (κ3) is 3.74. The predicted octanol–water partition coefficient (Wildman–Crippen LogP) is 2.36. The molecule has 0 atom stereocenters. The Balaban J connectivity index is 1.96. The Morgan fingerprint density at radius 2 is 1.80 bits per heavy atom. The number of nitrogens with zero attached hydrogens (tertiary/aromatic N) is 2. The predicted molar refractivity (Wildman–Crippen MR) is 93.1 cm³/mol. The molecule has 0 saturated heterocycles. The number of sulfonamides is 1. The first-order chi connectivity index (χ1) is 11.9. The third-order valence-corrected chi connectivity index (χ3v) is 3.86. The Labute approximate surface area is 144 Å². The van der Waals surface area contributed by atoms with Crippen LogP contribution < -0.4 is 19.5 Å². The molecule has 0 radical (unpaired) electrons. The van der Waals surface area contributed by atoms with E-state index in [0.717, 1.165) is 6.26 Å². The van der Waals surface area contributed by atoms with Gasteiger partial charge in [0.05, 0.1) is 31.7 Å². The molecule has 3 rings (SSSR count). The molecule has 0 amide bonds. The molecule has 0 aliphatic heterocycles. The quantitative estimate of drug-likeness (QED) is 0.685. The van der Waals surface area contributed by atoms with Gasteiger partial charge in [0.25, 0.3) is 0 Å². The van der Waals surface area contributed by atoms with Gasteiger partial charge in [-0.3, -0.25) is 4.72 Å². The van der Waals surface area contributed by atoms with E-state index in [9.17, 15) is 8.42 Å². The molecule has 2 heterocycles. The summed E-state index contributed by atoms with van der Waals surface area (Å²) < 4.78 is 40.5. The van der Waals surface area contributed by atoms with Gasteiger partial charge in [-0.1, -0.05) is 0 Å². The molecule has 10 heteroatoms. The van der Waals surface area contributed by atoms with Crippen molar-refractivity contribution in [2.45, 2.75) is 0 Å². The van der Waals surface area contributed by atoms with Crippen molar-refractivity contribution >= 4 is 38.3 Å². The summed E-state index contributed by atoms with van der Waals surface area (Å²) in [6, 6.07) is 5.01. The van der Waals surface area contributed by atoms with Gasteiger partial charge in [0, 0.05) is 17.5 Å². The van der Waals surface area contributed by atoms with Gasteiger partial charge in [0.15, 0.2) is 11.5 Å². The first-order valence-corrected chi connectivity index (χ1v) is 8.99. The van der Waals surface area contributed by atoms with Crippen LogP contribution in [0.15, 0.2) is 35.2 Å². The zero-order valence-electron chi connectivity index (χ0n) is 13.7. The molecule has 0 aliphatic carbocycles. The maximum atomic E-state index is 11.2. The molecule has 0 aliphatic rings. The van der Waals surface area contributed by atoms with Gasteiger partial charge in [-0.25, -0.2) is 18.4 Å². The molecule has 2 aromatic heterocycles. The number of hydrogen-bond acceptors (Lipinski definition) is 8. The summed E-state index contributed by atoms with van der Waals surface area (Å²) in [4.78, 5) is 8.44. The van der Waals surface area contributed by atoms with Crippen LogP contribution in [-0.2, 0) is 10.0 Å². The minimum absolute atomic E-state index is 0.0996. The molecule has 9 nitrogen and oxygen atoms in total. The van der Waals surface area contributed by atoms with E-state index >= 15 is 0 Å². The van der Waals surface area contributed by atoms with Crippen molar-refractivity contribution in [3.8, 4) is 11.5 Å². The number of furan rings is 1. The molecule has 0 saturated carbocycles. The van der Waals surface area contributed by atoms with E-state index in [1.54, 1.807) is 26.4 Å². The van der Waals surface area contributed by atoms with Crippen LogP contribution in [-0.4, -0.2) is 38.9 Å². The lowest BCUT2D eigenvalue weighted by atomic mass is 10.2. The molecule has 3 aromatic rings. The van der Waals surface area contributed by atoms with E-state index in [1.165, 1.54) is 18.7 Å². The van der Waals surface area contributed by atoms with Crippen LogP contribution >= 0.6 is 0 Å². The molecule has 0 spiro atoms. The standard InChI is InChI=1S/C15H16N4O5S/c1-22-12-5-10-11(6-13(12)23-2)16-8-17-15(10)18-9-4-14(24-7-9)19-25(3,20)21/h4-8,19H,1-3H3,(H,16,17,18). The second kappa shape index (κ2) is 6.48. The highest BCUT2D eigenvalue weighted by Gasteiger charge is 2.12. The van der Waals surface area contributed by atoms with Crippen LogP contribution in [0.25, 0.3) is 10.9 Å². The number of ether oxygens (including phenoxy) is 2. The zero-order valence-corrected chi connectivity index (χ0v) is 14.5. The van der Waals surface area contributed by atoms with Crippen LogP contribution in [0.2, 0.25) is 0 Å². The molecule has 2 N–H and O–H groups in total. The zero-order chi connectivity index (χ0) is 18.0. The SMILES string of the molecule is COc1cc2ncnc(Nc3coc(NS(C)(=O)=O)c3)c2cc1OC. The number of anilines is 3. The summed E-state index contributed by atoms with van der Waals surface area (Å²) in [5, 5.41) is 3.77. The maximum absolute atomic E-state index is 11.2. The fourth-order valence-corrected chi connectivity index (χ4v) is 2.73. The van der Waals surface area contributed by atoms with Crippen LogP contribution in [0, 0.1) is 0 Å². The lowest BCUT2D eigenvalue weighted by Gasteiger charge is -2.11. The van der Waals surface area contributed by atoms with Gasteiger partial charge in [-0.2, -0.15) is 0 Å². The number of hydrogen-bond donors (Lipinski definition) is 2. The minimum Gasteiger partial charge on any atom is -0.493 e. The Morgan fingerprint density at radius 3 is 2.48 bits per heavy atom. The van der Waals surface area contributed by atoms with E-state index in [-0.39, 0.29) is 5.88 Å². The minimum atomic E-state index is -3.42. The maximum Gasteiger partial charge on any atom is 0.232 e. The summed E-state index contributed by atoms with van der Waals surface area (Å²) >= 11 is 0. The van der Waals surface area contributed by atoms with E-state index in [2.05, 4.69) is 20.0 Å². The lowest BCUT2D eigenvalue weighted by Crippen LogP contribution is -2.08. The van der Waals surface area contributed by atoms with Crippen molar-refractivity contribution < 1.29 is 22.3 Å². The van der Waals surface area contributed by atoms with Crippen molar-refractivity contribution in [2.75, 3.05) is 30.5 Å². The topological polar surface area (TPSA) is 116 Å². The number of rotatable bonds is 6. The third-order valence-electron chi connectivity index (χ3n) is 3.29. The van der Waals surface area contributed by atoms with Gasteiger partial charge in [-0.15, -0.1) is 0 Å². The van der Waals surface area contributed by atoms with E-state index in [0.29, 0.717) is 33.9 Å². The summed E-state index contributed by atoms with van der Waals surface area (Å²) in [6.45, 7) is 0. The van der Waals surface area contributed by atoms with Crippen molar-refractivity contribution in [2.24, 2.45) is 0 Å². The Bertz CT molecular complexity index is 1020. The van der Waals surface area contributed by atoms with E-state index in [4.69, 9.17) is 13.9 Å². The Morgan fingerprint density at radius 1 is 1.08 bits per heavy atom. The summed E-state index contributed by atoms with van der Waals surface area (Å²) in [5.74, 6) is 1.71. The van der Waals surface area contributed by atoms with Crippen LogP contribution in [0.1, 0.15) is 0 Å².